The summed E-state index contributed by atoms with van der Waals surface area (Å²) < 4.78 is 4.42. The average molecular weight is 266 g/mol. The Hall–Kier alpha value is -1.39. The molecular formula is C11H8BrNO2. The number of benzene rings is 2. The van der Waals surface area contributed by atoms with Crippen molar-refractivity contribution in [1.29, 1.82) is 0 Å². The molecule has 0 unspecified atom stereocenters. The topological polar surface area (TPSA) is 38.3 Å². The summed E-state index contributed by atoms with van der Waals surface area (Å²) >= 11 is 2.68. The van der Waals surface area contributed by atoms with Crippen LogP contribution in [0.15, 0.2) is 42.5 Å². The van der Waals surface area contributed by atoms with Crippen LogP contribution in [0.2, 0.25) is 0 Å². The number of halogens is 1. The Bertz CT molecular complexity index is 493. The zero-order chi connectivity index (χ0) is 10.7. The molecule has 2 rings (SSSR count). The number of carbonyl (C=O) groups excluding carboxylic acids is 1. The van der Waals surface area contributed by atoms with Gasteiger partial charge in [0.2, 0.25) is 0 Å². The van der Waals surface area contributed by atoms with Crippen LogP contribution in [0.4, 0.5) is 0 Å². The lowest BCUT2D eigenvalue weighted by molar-refractivity contribution is 0.0814. The predicted octanol–water partition coefficient (Wildman–Crippen LogP) is 2.81. The predicted molar refractivity (Wildman–Crippen MR) is 61.4 cm³/mol. The van der Waals surface area contributed by atoms with Crippen LogP contribution in [0.3, 0.4) is 0 Å². The fourth-order valence-electron chi connectivity index (χ4n) is 1.51. The zero-order valence-electron chi connectivity index (χ0n) is 7.74. The molecule has 0 radical (unpaired) electrons. The first kappa shape index (κ1) is 10.1. The molecule has 2 aromatic carbocycles. The highest BCUT2D eigenvalue weighted by Gasteiger charge is 2.08. The van der Waals surface area contributed by atoms with Gasteiger partial charge in [0.1, 0.15) is 16.3 Å². The standard InChI is InChI=1S/C11H8BrNO2/c12-15-13-11(14)10-7-3-5-8-4-1-2-6-9(8)10/h1-7H,(H,13,14). The molecule has 0 aromatic heterocycles. The molecule has 0 bridgehead atoms. The molecule has 15 heavy (non-hydrogen) atoms. The first-order valence-electron chi connectivity index (χ1n) is 4.38. The zero-order valence-corrected chi connectivity index (χ0v) is 9.32. The number of amides is 1. The molecule has 0 aliphatic rings. The fraction of sp³-hybridized carbons (Fsp3) is 0. The molecule has 3 nitrogen and oxygen atoms in total. The van der Waals surface area contributed by atoms with E-state index in [1.165, 1.54) is 0 Å². The Kier molecular flexibility index (Phi) is 2.99. The first-order chi connectivity index (χ1) is 7.33. The van der Waals surface area contributed by atoms with Crippen molar-refractivity contribution in [1.82, 2.24) is 5.48 Å². The quantitative estimate of drug-likeness (QED) is 0.849. The van der Waals surface area contributed by atoms with Crippen LogP contribution in [0, 0.1) is 0 Å². The molecule has 0 atom stereocenters. The molecule has 0 saturated heterocycles. The maximum absolute atomic E-state index is 11.6. The van der Waals surface area contributed by atoms with E-state index in [0.29, 0.717) is 5.56 Å². The normalized spacial score (nSPS) is 10.2. The molecule has 2 aromatic rings. The number of rotatable bonds is 2. The third-order valence-corrected chi connectivity index (χ3v) is 2.33. The first-order valence-corrected chi connectivity index (χ1v) is 5.03. The lowest BCUT2D eigenvalue weighted by atomic mass is 10.0. The van der Waals surface area contributed by atoms with E-state index in [1.54, 1.807) is 6.07 Å². The van der Waals surface area contributed by atoms with Crippen LogP contribution in [0.5, 0.6) is 0 Å². The van der Waals surface area contributed by atoms with E-state index in [-0.39, 0.29) is 5.91 Å². The van der Waals surface area contributed by atoms with Crippen LogP contribution in [-0.2, 0) is 3.93 Å². The Labute approximate surface area is 95.4 Å². The Morgan fingerprint density at radius 3 is 2.67 bits per heavy atom. The van der Waals surface area contributed by atoms with Crippen molar-refractivity contribution < 1.29 is 8.72 Å². The molecule has 0 aliphatic carbocycles. The van der Waals surface area contributed by atoms with Gasteiger partial charge in [-0.05, 0) is 16.8 Å². The van der Waals surface area contributed by atoms with E-state index in [2.05, 4.69) is 25.7 Å². The number of hydrogen-bond donors (Lipinski definition) is 1. The average Bonchev–Trinajstić information content (AvgIpc) is 2.28. The van der Waals surface area contributed by atoms with Crippen molar-refractivity contribution in [3.8, 4) is 0 Å². The second-order valence-electron chi connectivity index (χ2n) is 3.04. The van der Waals surface area contributed by atoms with Gasteiger partial charge in [0.15, 0.2) is 0 Å². The fourth-order valence-corrected chi connectivity index (χ4v) is 1.66. The van der Waals surface area contributed by atoms with Gasteiger partial charge in [0.25, 0.3) is 5.91 Å². The van der Waals surface area contributed by atoms with Gasteiger partial charge in [0, 0.05) is 5.56 Å². The van der Waals surface area contributed by atoms with Gasteiger partial charge in [-0.15, -0.1) is 0 Å². The third-order valence-electron chi connectivity index (χ3n) is 2.17. The monoisotopic (exact) mass is 265 g/mol. The number of hydrogen-bond acceptors (Lipinski definition) is 2. The molecule has 1 amide bonds. The summed E-state index contributed by atoms with van der Waals surface area (Å²) in [6, 6.07) is 13.2. The van der Waals surface area contributed by atoms with Gasteiger partial charge in [-0.2, -0.15) is 3.93 Å². The van der Waals surface area contributed by atoms with Crippen molar-refractivity contribution >= 4 is 32.9 Å². The Balaban J connectivity index is 2.56. The summed E-state index contributed by atoms with van der Waals surface area (Å²) in [4.78, 5) is 11.6. The molecule has 76 valence electrons. The van der Waals surface area contributed by atoms with E-state index in [4.69, 9.17) is 0 Å². The smallest absolute Gasteiger partial charge is 0.267 e. The lowest BCUT2D eigenvalue weighted by Crippen LogP contribution is -2.19. The Morgan fingerprint density at radius 1 is 1.13 bits per heavy atom. The third kappa shape index (κ3) is 2.00. The molecule has 0 aliphatic heterocycles. The Morgan fingerprint density at radius 2 is 1.87 bits per heavy atom. The molecule has 4 heteroatoms. The highest BCUT2D eigenvalue weighted by atomic mass is 79.9. The van der Waals surface area contributed by atoms with Crippen molar-refractivity contribution in [3.63, 3.8) is 0 Å². The number of hydroxylamine groups is 1. The van der Waals surface area contributed by atoms with Crippen LogP contribution >= 0.6 is 16.3 Å². The molecule has 1 N–H and O–H groups in total. The maximum atomic E-state index is 11.6. The molecule has 0 spiro atoms. The lowest BCUT2D eigenvalue weighted by Gasteiger charge is -2.04. The molecule has 0 fully saturated rings. The number of carbonyl (C=O) groups is 1. The summed E-state index contributed by atoms with van der Waals surface area (Å²) in [5, 5.41) is 1.93. The number of nitrogens with one attached hydrogen (secondary N) is 1. The minimum Gasteiger partial charge on any atom is -0.267 e. The molecular weight excluding hydrogens is 258 g/mol. The van der Waals surface area contributed by atoms with Gasteiger partial charge >= 0.3 is 0 Å². The summed E-state index contributed by atoms with van der Waals surface area (Å²) in [7, 11) is 0. The SMILES string of the molecule is O=C(NOBr)c1cccc2ccccc12. The number of fused-ring (bicyclic) bond motifs is 1. The highest BCUT2D eigenvalue weighted by molar-refractivity contribution is 9.05. The van der Waals surface area contributed by atoms with Gasteiger partial charge in [-0.1, -0.05) is 36.4 Å². The van der Waals surface area contributed by atoms with Crippen LogP contribution < -0.4 is 5.48 Å². The van der Waals surface area contributed by atoms with Crippen LogP contribution in [0.25, 0.3) is 10.8 Å². The molecule has 0 saturated carbocycles. The summed E-state index contributed by atoms with van der Waals surface area (Å²) in [6.45, 7) is 0. The van der Waals surface area contributed by atoms with Crippen molar-refractivity contribution in [2.24, 2.45) is 0 Å². The molecule has 0 heterocycles. The van der Waals surface area contributed by atoms with E-state index >= 15 is 0 Å². The van der Waals surface area contributed by atoms with Crippen molar-refractivity contribution in [2.45, 2.75) is 0 Å². The van der Waals surface area contributed by atoms with E-state index in [9.17, 15) is 4.79 Å². The highest BCUT2D eigenvalue weighted by Crippen LogP contribution is 2.18. The second kappa shape index (κ2) is 4.42. The summed E-state index contributed by atoms with van der Waals surface area (Å²) in [5.41, 5.74) is 2.82. The van der Waals surface area contributed by atoms with Gasteiger partial charge < -0.3 is 0 Å². The van der Waals surface area contributed by atoms with Crippen molar-refractivity contribution in [3.05, 3.63) is 48.0 Å². The van der Waals surface area contributed by atoms with Gasteiger partial charge in [0.05, 0.1) is 0 Å². The van der Waals surface area contributed by atoms with Gasteiger partial charge in [-0.3, -0.25) is 4.79 Å². The van der Waals surface area contributed by atoms with Gasteiger partial charge in [-0.25, -0.2) is 5.48 Å². The van der Waals surface area contributed by atoms with Crippen LogP contribution in [0.1, 0.15) is 10.4 Å². The minimum absolute atomic E-state index is 0.274. The van der Waals surface area contributed by atoms with Crippen molar-refractivity contribution in [2.75, 3.05) is 0 Å². The summed E-state index contributed by atoms with van der Waals surface area (Å²) in [5.74, 6) is -0.274. The van der Waals surface area contributed by atoms with E-state index in [1.807, 2.05) is 36.4 Å². The summed E-state index contributed by atoms with van der Waals surface area (Å²) in [6.07, 6.45) is 0. The maximum Gasteiger partial charge on any atom is 0.276 e. The largest absolute Gasteiger partial charge is 0.276 e. The van der Waals surface area contributed by atoms with E-state index in [0.717, 1.165) is 10.8 Å². The van der Waals surface area contributed by atoms with E-state index < -0.39 is 0 Å². The minimum atomic E-state index is -0.274. The van der Waals surface area contributed by atoms with Crippen LogP contribution in [-0.4, -0.2) is 5.91 Å². The second-order valence-corrected chi connectivity index (χ2v) is 3.36.